The zero-order chi connectivity index (χ0) is 51.5. The van der Waals surface area contributed by atoms with Crippen LogP contribution in [0.25, 0.3) is 0 Å². The third-order valence-electron chi connectivity index (χ3n) is 13.0. The molecule has 20 heteroatoms. The number of nitrogens with one attached hydrogen (secondary N) is 5. The van der Waals surface area contributed by atoms with E-state index in [0.29, 0.717) is 114 Å². The van der Waals surface area contributed by atoms with Crippen molar-refractivity contribution in [3.8, 4) is 5.75 Å². The first-order valence-electron chi connectivity index (χ1n) is 25.0. The van der Waals surface area contributed by atoms with Gasteiger partial charge in [0.05, 0.1) is 58.6 Å². The highest BCUT2D eigenvalue weighted by Gasteiger charge is 2.39. The van der Waals surface area contributed by atoms with Gasteiger partial charge in [0, 0.05) is 81.5 Å². The maximum absolute atomic E-state index is 13.2. The zero-order valence-corrected chi connectivity index (χ0v) is 41.7. The van der Waals surface area contributed by atoms with Crippen molar-refractivity contribution in [2.24, 2.45) is 0 Å². The van der Waals surface area contributed by atoms with Crippen LogP contribution < -0.4 is 25.6 Å². The van der Waals surface area contributed by atoms with Crippen LogP contribution in [-0.2, 0) is 35.1 Å². The Morgan fingerprint density at radius 3 is 2.34 bits per heavy atom. The molecule has 0 radical (unpaired) electrons. The molecule has 20 nitrogen and oxygen atoms in total. The van der Waals surface area contributed by atoms with Crippen molar-refractivity contribution in [1.82, 2.24) is 35.3 Å². The number of benzene rings is 3. The van der Waals surface area contributed by atoms with Gasteiger partial charge >= 0.3 is 0 Å². The molecule has 2 atom stereocenters. The normalized spacial score (nSPS) is 15.9. The fraction of sp³-hybridized carbons (Fsp3) is 0.453. The van der Waals surface area contributed by atoms with Gasteiger partial charge in [-0.1, -0.05) is 24.6 Å². The van der Waals surface area contributed by atoms with Gasteiger partial charge in [-0.15, -0.1) is 0 Å². The molecule has 4 heterocycles. The van der Waals surface area contributed by atoms with Gasteiger partial charge in [-0.25, -0.2) is 9.97 Å². The number of amides is 5. The van der Waals surface area contributed by atoms with Gasteiger partial charge in [-0.3, -0.25) is 40.1 Å². The third-order valence-corrected chi connectivity index (χ3v) is 13.0. The van der Waals surface area contributed by atoms with Crippen molar-refractivity contribution in [2.45, 2.75) is 70.5 Å². The highest BCUT2D eigenvalue weighted by Crippen LogP contribution is 2.31. The monoisotopic (exact) mass is 1000 g/mol. The Labute approximate surface area is 426 Å². The Bertz CT molecular complexity index is 2560. The average molecular weight is 1000 g/mol. The molecule has 388 valence electrons. The summed E-state index contributed by atoms with van der Waals surface area (Å²) in [6.45, 7) is 8.27. The Morgan fingerprint density at radius 1 is 0.849 bits per heavy atom. The van der Waals surface area contributed by atoms with Crippen molar-refractivity contribution in [2.75, 3.05) is 96.2 Å². The van der Waals surface area contributed by atoms with Crippen LogP contribution >= 0.6 is 0 Å². The number of carbonyl (C=O) groups excluding carboxylic acids is 5. The van der Waals surface area contributed by atoms with Crippen LogP contribution in [0.1, 0.15) is 95.4 Å². The summed E-state index contributed by atoms with van der Waals surface area (Å²) in [6, 6.07) is 21.3. The minimum atomic E-state index is -0.644. The molecule has 2 saturated heterocycles. The Hall–Kier alpha value is -7.29. The van der Waals surface area contributed by atoms with Crippen LogP contribution in [0.4, 0.5) is 11.4 Å². The van der Waals surface area contributed by atoms with E-state index >= 15 is 0 Å². The lowest BCUT2D eigenvalue weighted by Crippen LogP contribution is -2.52. The van der Waals surface area contributed by atoms with Crippen LogP contribution in [0, 0.1) is 10.8 Å². The van der Waals surface area contributed by atoms with E-state index < -0.39 is 11.9 Å². The fourth-order valence-electron chi connectivity index (χ4n) is 8.73. The summed E-state index contributed by atoms with van der Waals surface area (Å²) >= 11 is 0. The zero-order valence-electron chi connectivity index (χ0n) is 41.7. The van der Waals surface area contributed by atoms with Crippen molar-refractivity contribution < 1.29 is 42.9 Å². The number of hydrogen-bond acceptors (Lipinski definition) is 15. The molecular formula is C53H67N11O9. The number of aromatic nitrogens is 2. The van der Waals surface area contributed by atoms with Crippen LogP contribution in [-0.4, -0.2) is 158 Å². The van der Waals surface area contributed by atoms with E-state index in [9.17, 15) is 24.0 Å². The SMILES string of the molecule is C[C@@H](NC(=O)c1cccc(NCC(=N)N(C)C(=N)c2ccncn2)c1)c1cccc(OCCCCCCOCCOCCOCCC(=O)N2CCN(c3ccc4c(c3)CN(C3CCC(=O)NC3=O)C4=O)CC2)c1. The second kappa shape index (κ2) is 27.0. The summed E-state index contributed by atoms with van der Waals surface area (Å²) in [7, 11) is 1.63. The van der Waals surface area contributed by atoms with Gasteiger partial charge in [0.25, 0.3) is 11.8 Å². The molecule has 1 unspecified atom stereocenters. The smallest absolute Gasteiger partial charge is 0.255 e. The fourth-order valence-corrected chi connectivity index (χ4v) is 8.73. The maximum Gasteiger partial charge on any atom is 0.255 e. The van der Waals surface area contributed by atoms with Crippen LogP contribution in [0.15, 0.2) is 85.3 Å². The predicted octanol–water partition coefficient (Wildman–Crippen LogP) is 4.80. The Morgan fingerprint density at radius 2 is 1.59 bits per heavy atom. The second-order valence-corrected chi connectivity index (χ2v) is 18.1. The van der Waals surface area contributed by atoms with Gasteiger partial charge in [0.1, 0.15) is 29.6 Å². The molecule has 0 bridgehead atoms. The molecule has 7 rings (SSSR count). The number of nitrogens with zero attached hydrogens (tertiary/aromatic N) is 6. The predicted molar refractivity (Wildman–Crippen MR) is 274 cm³/mol. The van der Waals surface area contributed by atoms with E-state index in [-0.39, 0.29) is 54.3 Å². The molecule has 4 aromatic rings. The summed E-state index contributed by atoms with van der Waals surface area (Å²) in [5.41, 5.74) is 4.91. The minimum Gasteiger partial charge on any atom is -0.494 e. The molecule has 0 spiro atoms. The highest BCUT2D eigenvalue weighted by atomic mass is 16.5. The number of rotatable bonds is 26. The number of imide groups is 1. The lowest BCUT2D eigenvalue weighted by Gasteiger charge is -2.36. The molecule has 5 amide bonds. The lowest BCUT2D eigenvalue weighted by atomic mass is 10.0. The number of amidine groups is 2. The summed E-state index contributed by atoms with van der Waals surface area (Å²) in [5, 5.41) is 25.3. The molecule has 73 heavy (non-hydrogen) atoms. The summed E-state index contributed by atoms with van der Waals surface area (Å²) < 4.78 is 23.1. The number of hydrogen-bond donors (Lipinski definition) is 5. The topological polar surface area (TPSA) is 245 Å². The highest BCUT2D eigenvalue weighted by molar-refractivity contribution is 6.07. The quantitative estimate of drug-likeness (QED) is 0.0246. The average Bonchev–Trinajstić information content (AvgIpc) is 3.74. The second-order valence-electron chi connectivity index (χ2n) is 18.1. The van der Waals surface area contributed by atoms with Gasteiger partial charge in [-0.2, -0.15) is 0 Å². The maximum atomic E-state index is 13.2. The summed E-state index contributed by atoms with van der Waals surface area (Å²) in [6.07, 6.45) is 7.64. The number of likely N-dealkylation sites (N-methyl/N-ethyl adjacent to an activating group) is 1. The molecule has 3 aliphatic rings. The molecule has 0 saturated carbocycles. The number of anilines is 2. The lowest BCUT2D eigenvalue weighted by molar-refractivity contribution is -0.137. The number of carbonyl (C=O) groups is 5. The van der Waals surface area contributed by atoms with Crippen molar-refractivity contribution >= 4 is 52.6 Å². The van der Waals surface area contributed by atoms with Crippen molar-refractivity contribution in [3.63, 3.8) is 0 Å². The molecular weight excluding hydrogens is 935 g/mol. The third kappa shape index (κ3) is 15.4. The largest absolute Gasteiger partial charge is 0.494 e. The minimum absolute atomic E-state index is 0.0521. The van der Waals surface area contributed by atoms with Crippen molar-refractivity contribution in [3.05, 3.63) is 113 Å². The first-order valence-corrected chi connectivity index (χ1v) is 25.0. The molecule has 2 fully saturated rings. The van der Waals surface area contributed by atoms with E-state index in [1.165, 1.54) is 11.2 Å². The number of piperazine rings is 1. The van der Waals surface area contributed by atoms with E-state index in [1.807, 2.05) is 60.4 Å². The molecule has 5 N–H and O–H groups in total. The molecule has 1 aromatic heterocycles. The van der Waals surface area contributed by atoms with E-state index in [2.05, 4.69) is 30.8 Å². The number of unbranched alkanes of at least 4 members (excludes halogenated alkanes) is 3. The summed E-state index contributed by atoms with van der Waals surface area (Å²) in [4.78, 5) is 78.2. The van der Waals surface area contributed by atoms with Crippen LogP contribution in [0.5, 0.6) is 5.75 Å². The van der Waals surface area contributed by atoms with Gasteiger partial charge < -0.3 is 49.2 Å². The summed E-state index contributed by atoms with van der Waals surface area (Å²) in [5.74, 6) is -0.106. The van der Waals surface area contributed by atoms with Crippen LogP contribution in [0.2, 0.25) is 0 Å². The van der Waals surface area contributed by atoms with E-state index in [0.717, 1.165) is 48.2 Å². The molecule has 3 aliphatic heterocycles. The number of fused-ring (bicyclic) bond motifs is 1. The van der Waals surface area contributed by atoms with Crippen LogP contribution in [0.3, 0.4) is 0 Å². The Balaban J connectivity index is 0.665. The first-order chi connectivity index (χ1) is 35.4. The molecule has 3 aromatic carbocycles. The molecule has 0 aliphatic carbocycles. The van der Waals surface area contributed by atoms with Crippen molar-refractivity contribution in [1.29, 1.82) is 10.8 Å². The number of ether oxygens (including phenoxy) is 4. The van der Waals surface area contributed by atoms with E-state index in [4.69, 9.17) is 29.8 Å². The first kappa shape index (κ1) is 53.5. The van der Waals surface area contributed by atoms with Gasteiger partial charge in [-0.05, 0) is 98.3 Å². The van der Waals surface area contributed by atoms with E-state index in [1.54, 1.807) is 42.4 Å². The number of piperidine rings is 1. The Kier molecular flexibility index (Phi) is 19.8. The van der Waals surface area contributed by atoms with Gasteiger partial charge in [0.2, 0.25) is 17.7 Å². The van der Waals surface area contributed by atoms with Gasteiger partial charge in [0.15, 0.2) is 5.84 Å². The standard InChI is InChI=1S/C53H67N11O9/c1-37(59-51(67)39-10-7-11-41(31-39)57-34-47(54)61(2)50(55)45-17-19-56-36-58-45)38-9-8-12-43(33-38)73-25-6-4-3-5-24-70-27-29-72-30-28-71-26-18-49(66)63-22-20-62(21-23-63)42-13-14-44-40(32-42)35-64(53(44)69)46-15-16-48(65)60-52(46)68/h7-14,17,19,31-33,36-37,46,54-55,57H,3-6,15-16,18,20-30,34-35H2,1-2H3,(H,59,67)(H,60,65,68)/t37-,46?/m1/s1.